The minimum absolute atomic E-state index is 0.915. The monoisotopic (exact) mass is 305 g/mol. The summed E-state index contributed by atoms with van der Waals surface area (Å²) in [7, 11) is 0. The van der Waals surface area contributed by atoms with Crippen molar-refractivity contribution < 1.29 is 9.78 Å². The number of hydrogen-bond donors (Lipinski definition) is 1. The van der Waals surface area contributed by atoms with Gasteiger partial charge in [0.15, 0.2) is 0 Å². The molecule has 2 aromatic rings. The highest BCUT2D eigenvalue weighted by molar-refractivity contribution is 8.01. The smallest absolute Gasteiger partial charge is 0.310 e. The third-order valence-corrected chi connectivity index (χ3v) is 4.89. The van der Waals surface area contributed by atoms with E-state index in [1.165, 1.54) is 0 Å². The third kappa shape index (κ3) is 1.94. The Morgan fingerprint density at radius 1 is 1.25 bits per heavy atom. The van der Waals surface area contributed by atoms with Crippen LogP contribution in [0.2, 0.25) is 0 Å². The molecule has 5 nitrogen and oxygen atoms in total. The molecule has 0 saturated carbocycles. The minimum atomic E-state index is -0.915. The van der Waals surface area contributed by atoms with E-state index in [0.717, 1.165) is 21.3 Å². The van der Waals surface area contributed by atoms with Gasteiger partial charge in [0, 0.05) is 0 Å². The van der Waals surface area contributed by atoms with Crippen LogP contribution in [0.4, 0.5) is 11.4 Å². The highest BCUT2D eigenvalue weighted by atomic mass is 32.2. The largest absolute Gasteiger partial charge is 0.404 e. The number of para-hydroxylation sites is 1. The van der Waals surface area contributed by atoms with Crippen LogP contribution in [-0.2, 0) is 9.78 Å². The molecule has 20 heavy (non-hydrogen) atoms. The van der Waals surface area contributed by atoms with Crippen molar-refractivity contribution in [2.24, 2.45) is 0 Å². The van der Waals surface area contributed by atoms with E-state index in [4.69, 9.17) is 9.78 Å². The summed E-state index contributed by atoms with van der Waals surface area (Å²) in [6, 6.07) is 11.1. The van der Waals surface area contributed by atoms with Crippen molar-refractivity contribution in [3.8, 4) is 0 Å². The van der Waals surface area contributed by atoms with Gasteiger partial charge in [-0.2, -0.15) is 0 Å². The van der Waals surface area contributed by atoms with Crippen LogP contribution in [0.1, 0.15) is 0 Å². The fourth-order valence-electron chi connectivity index (χ4n) is 2.01. The standard InChI is InChI=1S/C13H11N3O2S2/c1-19-12-7-6-9(8-14-12)16-13(17-18-13)15-10-4-2-3-5-11(10)20-16/h2-8,15H,1H3. The lowest BCUT2D eigenvalue weighted by molar-refractivity contribution is 0.0850. The maximum atomic E-state index is 5.18. The van der Waals surface area contributed by atoms with E-state index >= 15 is 0 Å². The summed E-state index contributed by atoms with van der Waals surface area (Å²) in [6.07, 6.45) is 3.82. The van der Waals surface area contributed by atoms with Gasteiger partial charge >= 0.3 is 6.03 Å². The lowest BCUT2D eigenvalue weighted by Gasteiger charge is -2.32. The van der Waals surface area contributed by atoms with Gasteiger partial charge in [-0.25, -0.2) is 9.29 Å². The molecule has 0 aliphatic carbocycles. The minimum Gasteiger partial charge on any atom is -0.310 e. The van der Waals surface area contributed by atoms with Crippen LogP contribution in [0.3, 0.4) is 0 Å². The van der Waals surface area contributed by atoms with Crippen molar-refractivity contribution in [3.05, 3.63) is 42.6 Å². The first-order chi connectivity index (χ1) is 9.81. The SMILES string of the molecule is CSc1ccc(N2Sc3ccccc3NC23OO3)cn1. The molecule has 1 N–H and O–H groups in total. The number of nitrogens with zero attached hydrogens (tertiary/aromatic N) is 2. The molecular weight excluding hydrogens is 294 g/mol. The lowest BCUT2D eigenvalue weighted by Crippen LogP contribution is -2.42. The summed E-state index contributed by atoms with van der Waals surface area (Å²) in [4.78, 5) is 15.9. The molecule has 0 bridgehead atoms. The Hall–Kier alpha value is -1.41. The summed E-state index contributed by atoms with van der Waals surface area (Å²) in [6.45, 7) is 0. The Bertz CT molecular complexity index is 646. The number of hydrogen-bond acceptors (Lipinski definition) is 7. The molecule has 1 aromatic heterocycles. The molecule has 1 aromatic carbocycles. The summed E-state index contributed by atoms with van der Waals surface area (Å²) < 4.78 is 1.94. The molecule has 0 unspecified atom stereocenters. The van der Waals surface area contributed by atoms with Crippen LogP contribution >= 0.6 is 23.7 Å². The number of fused-ring (bicyclic) bond motifs is 1. The van der Waals surface area contributed by atoms with Gasteiger partial charge in [0.1, 0.15) is 0 Å². The Balaban J connectivity index is 1.71. The Morgan fingerprint density at radius 3 is 2.80 bits per heavy atom. The molecule has 1 fully saturated rings. The van der Waals surface area contributed by atoms with Gasteiger partial charge in [-0.3, -0.25) is 0 Å². The van der Waals surface area contributed by atoms with Crippen molar-refractivity contribution in [1.29, 1.82) is 0 Å². The second-order valence-electron chi connectivity index (χ2n) is 4.31. The van der Waals surface area contributed by atoms with Crippen LogP contribution in [0.25, 0.3) is 0 Å². The molecule has 7 heteroatoms. The van der Waals surface area contributed by atoms with Crippen LogP contribution < -0.4 is 9.62 Å². The summed E-state index contributed by atoms with van der Waals surface area (Å²) in [5.41, 5.74) is 1.92. The molecule has 0 amide bonds. The van der Waals surface area contributed by atoms with Crippen molar-refractivity contribution in [3.63, 3.8) is 0 Å². The summed E-state index contributed by atoms with van der Waals surface area (Å²) in [5.74, 6) is 0. The zero-order valence-corrected chi connectivity index (χ0v) is 12.2. The van der Waals surface area contributed by atoms with E-state index in [-0.39, 0.29) is 0 Å². The Kier molecular flexibility index (Phi) is 2.81. The van der Waals surface area contributed by atoms with Crippen molar-refractivity contribution in [1.82, 2.24) is 4.98 Å². The van der Waals surface area contributed by atoms with Gasteiger partial charge in [0.2, 0.25) is 0 Å². The topological polar surface area (TPSA) is 53.2 Å². The zero-order valence-electron chi connectivity index (χ0n) is 10.6. The highest BCUT2D eigenvalue weighted by Crippen LogP contribution is 2.50. The number of thioether (sulfide) groups is 1. The second kappa shape index (κ2) is 4.56. The first kappa shape index (κ1) is 12.3. The van der Waals surface area contributed by atoms with Crippen LogP contribution in [0.5, 0.6) is 0 Å². The molecule has 1 saturated heterocycles. The van der Waals surface area contributed by atoms with Gasteiger partial charge in [0.05, 0.1) is 27.5 Å². The van der Waals surface area contributed by atoms with Gasteiger partial charge in [-0.1, -0.05) is 12.1 Å². The first-order valence-corrected chi connectivity index (χ1v) is 8.03. The lowest BCUT2D eigenvalue weighted by atomic mass is 10.3. The molecule has 0 atom stereocenters. The predicted molar refractivity (Wildman–Crippen MR) is 79.3 cm³/mol. The van der Waals surface area contributed by atoms with Gasteiger partial charge in [-0.05, 0) is 42.5 Å². The normalized spacial score (nSPS) is 18.6. The molecule has 102 valence electrons. The quantitative estimate of drug-likeness (QED) is 0.395. The fraction of sp³-hybridized carbons (Fsp3) is 0.154. The number of aromatic nitrogens is 1. The van der Waals surface area contributed by atoms with Gasteiger partial charge in [-0.15, -0.1) is 21.5 Å². The second-order valence-corrected chi connectivity index (χ2v) is 6.13. The molecular formula is C13H11N3O2S2. The number of anilines is 2. The number of pyridine rings is 1. The first-order valence-electron chi connectivity index (χ1n) is 6.03. The predicted octanol–water partition coefficient (Wildman–Crippen LogP) is 3.32. The van der Waals surface area contributed by atoms with Crippen molar-refractivity contribution in [2.75, 3.05) is 15.9 Å². The number of rotatable bonds is 2. The van der Waals surface area contributed by atoms with E-state index in [0.29, 0.717) is 0 Å². The molecule has 4 rings (SSSR count). The van der Waals surface area contributed by atoms with Crippen molar-refractivity contribution in [2.45, 2.75) is 16.0 Å². The average molecular weight is 305 g/mol. The molecule has 3 heterocycles. The summed E-state index contributed by atoms with van der Waals surface area (Å²) in [5, 5.41) is 4.23. The average Bonchev–Trinajstić information content (AvgIpc) is 3.26. The molecule has 0 radical (unpaired) electrons. The van der Waals surface area contributed by atoms with Crippen molar-refractivity contribution >= 4 is 35.1 Å². The maximum absolute atomic E-state index is 5.18. The van der Waals surface area contributed by atoms with E-state index < -0.39 is 6.03 Å². The van der Waals surface area contributed by atoms with Crippen LogP contribution in [-0.4, -0.2) is 17.3 Å². The molecule has 2 aliphatic rings. The third-order valence-electron chi connectivity index (χ3n) is 3.04. The van der Waals surface area contributed by atoms with E-state index in [1.807, 2.05) is 47.1 Å². The Labute approximate surface area is 124 Å². The van der Waals surface area contributed by atoms with Crippen LogP contribution in [0.15, 0.2) is 52.5 Å². The van der Waals surface area contributed by atoms with E-state index in [9.17, 15) is 0 Å². The van der Waals surface area contributed by atoms with Gasteiger partial charge in [0.25, 0.3) is 0 Å². The van der Waals surface area contributed by atoms with Crippen LogP contribution in [0, 0.1) is 0 Å². The maximum Gasteiger partial charge on any atom is 0.404 e. The number of nitrogens with one attached hydrogen (secondary N) is 1. The molecule has 1 spiro atoms. The molecule has 2 aliphatic heterocycles. The van der Waals surface area contributed by atoms with Gasteiger partial charge < -0.3 is 5.32 Å². The summed E-state index contributed by atoms with van der Waals surface area (Å²) >= 11 is 3.18. The zero-order chi connectivity index (χ0) is 13.6. The fourth-order valence-corrected chi connectivity index (χ4v) is 3.37. The van der Waals surface area contributed by atoms with E-state index in [1.54, 1.807) is 23.7 Å². The number of benzene rings is 1. The van der Waals surface area contributed by atoms with E-state index in [2.05, 4.69) is 16.4 Å². The highest BCUT2D eigenvalue weighted by Gasteiger charge is 2.59. The Morgan fingerprint density at radius 2 is 2.10 bits per heavy atom.